The van der Waals surface area contributed by atoms with Crippen molar-refractivity contribution in [3.63, 3.8) is 0 Å². The first-order valence-corrected chi connectivity index (χ1v) is 10.3. The Kier molecular flexibility index (Phi) is 8.19. The predicted octanol–water partition coefficient (Wildman–Crippen LogP) is 2.42. The largest absolute Gasteiger partial charge is 0.469 e. The molecule has 0 aromatic heterocycles. The monoisotopic (exact) mass is 429 g/mol. The van der Waals surface area contributed by atoms with Crippen LogP contribution in [0.15, 0.2) is 29.2 Å². The highest BCUT2D eigenvalue weighted by Crippen LogP contribution is 2.25. The summed E-state index contributed by atoms with van der Waals surface area (Å²) in [5.41, 5.74) is -0.218. The fourth-order valence-corrected chi connectivity index (χ4v) is 3.81. The molecule has 1 aromatic carbocycles. The molecule has 0 fully saturated rings. The smallest absolute Gasteiger partial charge is 0.425 e. The van der Waals surface area contributed by atoms with E-state index in [9.17, 15) is 22.8 Å². The van der Waals surface area contributed by atoms with Crippen molar-refractivity contribution in [1.29, 1.82) is 0 Å². The van der Waals surface area contributed by atoms with Crippen LogP contribution in [0.25, 0.3) is 0 Å². The van der Waals surface area contributed by atoms with Crippen molar-refractivity contribution in [3.05, 3.63) is 29.8 Å². The van der Waals surface area contributed by atoms with Crippen molar-refractivity contribution in [2.75, 3.05) is 14.2 Å². The van der Waals surface area contributed by atoms with Gasteiger partial charge < -0.3 is 14.2 Å². The Balaban J connectivity index is 3.50. The number of sulfonamides is 1. The lowest BCUT2D eigenvalue weighted by atomic mass is 10.1. The van der Waals surface area contributed by atoms with E-state index in [2.05, 4.69) is 9.47 Å². The van der Waals surface area contributed by atoms with E-state index >= 15 is 0 Å². The highest BCUT2D eigenvalue weighted by Gasteiger charge is 2.42. The third kappa shape index (κ3) is 6.74. The molecule has 0 aliphatic carbocycles. The molecule has 0 N–H and O–H groups in total. The van der Waals surface area contributed by atoms with E-state index < -0.39 is 39.7 Å². The van der Waals surface area contributed by atoms with E-state index in [1.807, 2.05) is 0 Å². The average molecular weight is 429 g/mol. The molecule has 1 amide bonds. The van der Waals surface area contributed by atoms with Crippen LogP contribution >= 0.6 is 0 Å². The third-order valence-electron chi connectivity index (χ3n) is 3.76. The first-order valence-electron chi connectivity index (χ1n) is 8.82. The van der Waals surface area contributed by atoms with E-state index in [0.29, 0.717) is 4.31 Å². The second-order valence-electron chi connectivity index (χ2n) is 7.25. The second kappa shape index (κ2) is 9.73. The molecule has 29 heavy (non-hydrogen) atoms. The van der Waals surface area contributed by atoms with Crippen LogP contribution in [0.4, 0.5) is 4.79 Å². The van der Waals surface area contributed by atoms with Crippen LogP contribution in [-0.4, -0.2) is 56.6 Å². The summed E-state index contributed by atoms with van der Waals surface area (Å²) in [5.74, 6) is -1.67. The number of amides is 1. The van der Waals surface area contributed by atoms with Crippen LogP contribution in [0.3, 0.4) is 0 Å². The van der Waals surface area contributed by atoms with E-state index in [0.717, 1.165) is 19.8 Å². The van der Waals surface area contributed by atoms with Gasteiger partial charge in [0.05, 0.1) is 19.1 Å². The summed E-state index contributed by atoms with van der Waals surface area (Å²) in [4.78, 5) is 36.5. The summed E-state index contributed by atoms with van der Waals surface area (Å²) in [5, 5.41) is 0. The molecule has 1 aromatic rings. The summed E-state index contributed by atoms with van der Waals surface area (Å²) < 4.78 is 41.3. The number of carbonyl (C=O) groups excluding carboxylic acids is 3. The molecule has 9 nitrogen and oxygen atoms in total. The number of ether oxygens (including phenoxy) is 3. The number of hydrogen-bond acceptors (Lipinski definition) is 8. The van der Waals surface area contributed by atoms with Crippen LogP contribution in [-0.2, 0) is 33.8 Å². The van der Waals surface area contributed by atoms with Crippen molar-refractivity contribution >= 4 is 28.1 Å². The Labute approximate surface area is 171 Å². The molecule has 0 saturated heterocycles. The topological polar surface area (TPSA) is 116 Å². The first kappa shape index (κ1) is 24.4. The Morgan fingerprint density at radius 3 is 2.03 bits per heavy atom. The summed E-state index contributed by atoms with van der Waals surface area (Å²) >= 11 is 0. The molecular formula is C19H27NO8S. The van der Waals surface area contributed by atoms with Gasteiger partial charge in [0.1, 0.15) is 11.6 Å². The third-order valence-corrected chi connectivity index (χ3v) is 5.55. The molecule has 0 aliphatic heterocycles. The molecule has 10 heteroatoms. The van der Waals surface area contributed by atoms with Crippen molar-refractivity contribution in [1.82, 2.24) is 4.31 Å². The van der Waals surface area contributed by atoms with Gasteiger partial charge in [0.25, 0.3) is 10.0 Å². The second-order valence-corrected chi connectivity index (χ2v) is 9.06. The van der Waals surface area contributed by atoms with Gasteiger partial charge in [0.15, 0.2) is 0 Å². The summed E-state index contributed by atoms with van der Waals surface area (Å²) in [7, 11) is -2.28. The number of rotatable bonds is 7. The van der Waals surface area contributed by atoms with Gasteiger partial charge in [-0.3, -0.25) is 4.79 Å². The van der Waals surface area contributed by atoms with Gasteiger partial charge in [-0.05, 0) is 46.2 Å². The summed E-state index contributed by atoms with van der Waals surface area (Å²) in [6.07, 6.45) is -1.89. The van der Waals surface area contributed by atoms with Gasteiger partial charge in [0.2, 0.25) is 0 Å². The van der Waals surface area contributed by atoms with E-state index in [1.54, 1.807) is 39.8 Å². The first-order chi connectivity index (χ1) is 13.3. The number of carbonyl (C=O) groups is 3. The van der Waals surface area contributed by atoms with Crippen LogP contribution in [0.1, 0.15) is 39.2 Å². The lowest BCUT2D eigenvalue weighted by Gasteiger charge is -2.31. The number of aryl methyl sites for hydroxylation is 1. The highest BCUT2D eigenvalue weighted by atomic mass is 32.2. The fraction of sp³-hybridized carbons (Fsp3) is 0.526. The molecule has 162 valence electrons. The quantitative estimate of drug-likeness (QED) is 0.479. The maximum absolute atomic E-state index is 13.2. The number of esters is 2. The van der Waals surface area contributed by atoms with Gasteiger partial charge >= 0.3 is 18.0 Å². The van der Waals surface area contributed by atoms with Crippen LogP contribution in [0, 0.1) is 6.92 Å². The zero-order chi connectivity index (χ0) is 22.4. The minimum absolute atomic E-state index is 0.207. The zero-order valence-corrected chi connectivity index (χ0v) is 18.2. The Bertz CT molecular complexity index is 840. The Hall–Kier alpha value is -2.62. The maximum Gasteiger partial charge on any atom is 0.425 e. The van der Waals surface area contributed by atoms with Gasteiger partial charge in [0, 0.05) is 6.42 Å². The zero-order valence-electron chi connectivity index (χ0n) is 17.4. The molecule has 0 saturated carbocycles. The minimum Gasteiger partial charge on any atom is -0.469 e. The van der Waals surface area contributed by atoms with Crippen LogP contribution < -0.4 is 0 Å². The average Bonchev–Trinajstić information content (AvgIpc) is 2.62. The standard InChI is InChI=1S/C19H27NO8S/c1-13-7-9-14(10-8-13)29(24,25)20(18(23)28-19(2,3)4)15(17(22)27-6)11-12-16(21)26-5/h7-10,15H,11-12H2,1-6H3/t15-/m0/s1. The van der Waals surface area contributed by atoms with Gasteiger partial charge in [-0.25, -0.2) is 18.0 Å². The Morgan fingerprint density at radius 2 is 1.59 bits per heavy atom. The number of methoxy groups -OCH3 is 2. The van der Waals surface area contributed by atoms with E-state index in [1.165, 1.54) is 12.1 Å². The maximum atomic E-state index is 13.2. The molecule has 0 bridgehead atoms. The lowest BCUT2D eigenvalue weighted by Crippen LogP contribution is -2.50. The number of nitrogens with zero attached hydrogens (tertiary/aromatic N) is 1. The molecule has 0 aliphatic rings. The predicted molar refractivity (Wildman–Crippen MR) is 103 cm³/mol. The van der Waals surface area contributed by atoms with Gasteiger partial charge in [-0.15, -0.1) is 0 Å². The molecule has 0 heterocycles. The van der Waals surface area contributed by atoms with E-state index in [-0.39, 0.29) is 17.7 Å². The molecule has 0 radical (unpaired) electrons. The highest BCUT2D eigenvalue weighted by molar-refractivity contribution is 7.89. The van der Waals surface area contributed by atoms with Crippen LogP contribution in [0.2, 0.25) is 0 Å². The molecular weight excluding hydrogens is 402 g/mol. The van der Waals surface area contributed by atoms with Crippen molar-refractivity contribution in [2.45, 2.75) is 57.1 Å². The number of hydrogen-bond donors (Lipinski definition) is 0. The van der Waals surface area contributed by atoms with E-state index in [4.69, 9.17) is 4.74 Å². The minimum atomic E-state index is -4.49. The van der Waals surface area contributed by atoms with Crippen molar-refractivity contribution in [3.8, 4) is 0 Å². The Morgan fingerprint density at radius 1 is 1.03 bits per heavy atom. The summed E-state index contributed by atoms with van der Waals surface area (Å²) in [6, 6.07) is 4.14. The molecule has 0 spiro atoms. The molecule has 1 atom stereocenters. The lowest BCUT2D eigenvalue weighted by molar-refractivity contribution is -0.146. The van der Waals surface area contributed by atoms with Crippen molar-refractivity contribution in [2.24, 2.45) is 0 Å². The van der Waals surface area contributed by atoms with Crippen molar-refractivity contribution < 1.29 is 37.0 Å². The van der Waals surface area contributed by atoms with Crippen LogP contribution in [0.5, 0.6) is 0 Å². The fourth-order valence-electron chi connectivity index (χ4n) is 2.35. The summed E-state index contributed by atoms with van der Waals surface area (Å²) in [6.45, 7) is 6.45. The SMILES string of the molecule is COC(=O)CC[C@@H](C(=O)OC)N(C(=O)OC(C)(C)C)S(=O)(=O)c1ccc(C)cc1. The van der Waals surface area contributed by atoms with Gasteiger partial charge in [-0.1, -0.05) is 17.7 Å². The normalized spacial score (nSPS) is 12.6. The molecule has 1 rings (SSSR count). The number of benzene rings is 1. The molecule has 0 unspecified atom stereocenters. The van der Waals surface area contributed by atoms with Gasteiger partial charge in [-0.2, -0.15) is 4.31 Å².